The van der Waals surface area contributed by atoms with Crippen LogP contribution < -0.4 is 4.74 Å². The number of rotatable bonds is 5. The SMILES string of the molecule is COc1ccc(C=O)cc1C=CC(Cl)=CC=O. The molecule has 17 heavy (non-hydrogen) atoms. The molecular weight excluding hydrogens is 240 g/mol. The van der Waals surface area contributed by atoms with Crippen molar-refractivity contribution in [2.45, 2.75) is 0 Å². The molecule has 4 heteroatoms. The van der Waals surface area contributed by atoms with Crippen LogP contribution in [0, 0.1) is 0 Å². The molecule has 0 fully saturated rings. The van der Waals surface area contributed by atoms with Crippen molar-refractivity contribution in [2.75, 3.05) is 7.11 Å². The minimum atomic E-state index is 0.304. The summed E-state index contributed by atoms with van der Waals surface area (Å²) >= 11 is 5.73. The molecule has 3 nitrogen and oxygen atoms in total. The van der Waals surface area contributed by atoms with Gasteiger partial charge >= 0.3 is 0 Å². The fourth-order valence-electron chi connectivity index (χ4n) is 1.25. The summed E-state index contributed by atoms with van der Waals surface area (Å²) in [5.74, 6) is 0.627. The molecule has 0 N–H and O–H groups in total. The average Bonchev–Trinajstić information content (AvgIpc) is 2.36. The summed E-state index contributed by atoms with van der Waals surface area (Å²) in [5, 5.41) is 0.304. The van der Waals surface area contributed by atoms with Gasteiger partial charge in [0.1, 0.15) is 18.3 Å². The van der Waals surface area contributed by atoms with Crippen molar-refractivity contribution >= 4 is 30.2 Å². The summed E-state index contributed by atoms with van der Waals surface area (Å²) in [4.78, 5) is 20.8. The lowest BCUT2D eigenvalue weighted by molar-refractivity contribution is -0.104. The molecule has 0 unspecified atom stereocenters. The molecule has 0 aromatic heterocycles. The molecule has 1 aromatic carbocycles. The Morgan fingerprint density at radius 2 is 2.12 bits per heavy atom. The Balaban J connectivity index is 3.06. The Bertz CT molecular complexity index is 476. The highest BCUT2D eigenvalue weighted by Crippen LogP contribution is 2.21. The van der Waals surface area contributed by atoms with E-state index < -0.39 is 0 Å². The zero-order valence-electron chi connectivity index (χ0n) is 9.22. The monoisotopic (exact) mass is 250 g/mol. The molecular formula is C13H11ClO3. The van der Waals surface area contributed by atoms with E-state index in [9.17, 15) is 9.59 Å². The highest BCUT2D eigenvalue weighted by molar-refractivity contribution is 6.32. The van der Waals surface area contributed by atoms with Crippen molar-refractivity contribution < 1.29 is 14.3 Å². The first-order valence-corrected chi connectivity index (χ1v) is 5.21. The Kier molecular flexibility index (Phi) is 5.17. The molecule has 0 amide bonds. The second-order valence-corrected chi connectivity index (χ2v) is 3.58. The van der Waals surface area contributed by atoms with Crippen LogP contribution >= 0.6 is 11.6 Å². The van der Waals surface area contributed by atoms with Crippen LogP contribution in [0.5, 0.6) is 5.75 Å². The van der Waals surface area contributed by atoms with Gasteiger partial charge in [0, 0.05) is 16.2 Å². The van der Waals surface area contributed by atoms with E-state index in [1.54, 1.807) is 30.4 Å². The van der Waals surface area contributed by atoms with E-state index in [4.69, 9.17) is 16.3 Å². The fraction of sp³-hybridized carbons (Fsp3) is 0.0769. The summed E-state index contributed by atoms with van der Waals surface area (Å²) in [6.45, 7) is 0. The van der Waals surface area contributed by atoms with Gasteiger partial charge in [-0.05, 0) is 36.4 Å². The molecule has 0 aliphatic carbocycles. The number of hydrogen-bond acceptors (Lipinski definition) is 3. The lowest BCUT2D eigenvalue weighted by atomic mass is 10.1. The van der Waals surface area contributed by atoms with E-state index in [-0.39, 0.29) is 0 Å². The minimum absolute atomic E-state index is 0.304. The topological polar surface area (TPSA) is 43.4 Å². The summed E-state index contributed by atoms with van der Waals surface area (Å²) in [6.07, 6.45) is 5.82. The maximum atomic E-state index is 10.7. The van der Waals surface area contributed by atoms with Gasteiger partial charge < -0.3 is 4.74 Å². The number of halogens is 1. The Labute approximate surface area is 104 Å². The molecule has 88 valence electrons. The molecule has 0 radical (unpaired) electrons. The van der Waals surface area contributed by atoms with Gasteiger partial charge in [-0.1, -0.05) is 11.6 Å². The Morgan fingerprint density at radius 3 is 2.71 bits per heavy atom. The molecule has 1 aromatic rings. The largest absolute Gasteiger partial charge is 0.496 e. The third-order valence-electron chi connectivity index (χ3n) is 2.04. The zero-order valence-corrected chi connectivity index (χ0v) is 9.98. The Morgan fingerprint density at radius 1 is 1.35 bits per heavy atom. The van der Waals surface area contributed by atoms with Gasteiger partial charge in [-0.15, -0.1) is 0 Å². The number of benzene rings is 1. The highest BCUT2D eigenvalue weighted by Gasteiger charge is 2.00. The van der Waals surface area contributed by atoms with E-state index >= 15 is 0 Å². The maximum Gasteiger partial charge on any atom is 0.150 e. The summed E-state index contributed by atoms with van der Waals surface area (Å²) in [7, 11) is 1.54. The van der Waals surface area contributed by atoms with Crippen LogP contribution in [0.4, 0.5) is 0 Å². The van der Waals surface area contributed by atoms with E-state index in [1.165, 1.54) is 13.2 Å². The van der Waals surface area contributed by atoms with Crippen LogP contribution in [0.3, 0.4) is 0 Å². The van der Waals surface area contributed by atoms with E-state index in [1.807, 2.05) is 0 Å². The average molecular weight is 251 g/mol. The van der Waals surface area contributed by atoms with Crippen LogP contribution in [0.2, 0.25) is 0 Å². The number of ether oxygens (including phenoxy) is 1. The lowest BCUT2D eigenvalue weighted by Gasteiger charge is -2.04. The van der Waals surface area contributed by atoms with Crippen LogP contribution in [0.1, 0.15) is 15.9 Å². The van der Waals surface area contributed by atoms with E-state index in [0.29, 0.717) is 22.6 Å². The number of allylic oxidation sites excluding steroid dienone is 3. The van der Waals surface area contributed by atoms with Crippen molar-refractivity contribution in [1.82, 2.24) is 0 Å². The maximum absolute atomic E-state index is 10.7. The molecule has 0 spiro atoms. The number of methoxy groups -OCH3 is 1. The molecule has 0 aliphatic heterocycles. The predicted molar refractivity (Wildman–Crippen MR) is 67.4 cm³/mol. The van der Waals surface area contributed by atoms with Gasteiger partial charge in [0.15, 0.2) is 0 Å². The van der Waals surface area contributed by atoms with Crippen molar-refractivity contribution in [3.8, 4) is 5.75 Å². The molecule has 0 aliphatic rings. The molecule has 0 bridgehead atoms. The van der Waals surface area contributed by atoms with Crippen LogP contribution in [0.25, 0.3) is 6.08 Å². The van der Waals surface area contributed by atoms with E-state index in [2.05, 4.69) is 0 Å². The van der Waals surface area contributed by atoms with Crippen molar-refractivity contribution in [1.29, 1.82) is 0 Å². The summed E-state index contributed by atoms with van der Waals surface area (Å²) < 4.78 is 5.14. The Hall–Kier alpha value is -1.87. The molecule has 0 heterocycles. The minimum Gasteiger partial charge on any atom is -0.496 e. The standard InChI is InChI=1S/C13H11ClO3/c1-17-13-5-2-10(9-16)8-11(13)3-4-12(14)6-7-15/h2-9H,1H3. The second-order valence-electron chi connectivity index (χ2n) is 3.14. The van der Waals surface area contributed by atoms with Gasteiger partial charge in [-0.3, -0.25) is 9.59 Å². The van der Waals surface area contributed by atoms with Gasteiger partial charge in [0.05, 0.1) is 7.11 Å². The van der Waals surface area contributed by atoms with Crippen molar-refractivity contribution in [2.24, 2.45) is 0 Å². The van der Waals surface area contributed by atoms with Gasteiger partial charge in [0.25, 0.3) is 0 Å². The van der Waals surface area contributed by atoms with Gasteiger partial charge in [-0.25, -0.2) is 0 Å². The second kappa shape index (κ2) is 6.66. The number of carbonyl (C=O) groups excluding carboxylic acids is 2. The summed E-state index contributed by atoms with van der Waals surface area (Å²) in [5.41, 5.74) is 1.26. The first-order chi connectivity index (χ1) is 8.21. The lowest BCUT2D eigenvalue weighted by Crippen LogP contribution is -1.89. The van der Waals surface area contributed by atoms with Crippen molar-refractivity contribution in [3.63, 3.8) is 0 Å². The van der Waals surface area contributed by atoms with E-state index in [0.717, 1.165) is 11.8 Å². The fourth-order valence-corrected chi connectivity index (χ4v) is 1.36. The molecule has 1 rings (SSSR count). The molecule has 0 atom stereocenters. The quantitative estimate of drug-likeness (QED) is 0.459. The number of carbonyl (C=O) groups is 2. The first-order valence-electron chi connectivity index (χ1n) is 4.83. The smallest absolute Gasteiger partial charge is 0.150 e. The first kappa shape index (κ1) is 13.2. The zero-order chi connectivity index (χ0) is 12.7. The van der Waals surface area contributed by atoms with Gasteiger partial charge in [-0.2, -0.15) is 0 Å². The van der Waals surface area contributed by atoms with Crippen LogP contribution in [-0.4, -0.2) is 19.7 Å². The summed E-state index contributed by atoms with van der Waals surface area (Å²) in [6, 6.07) is 5.03. The highest BCUT2D eigenvalue weighted by atomic mass is 35.5. The van der Waals surface area contributed by atoms with Crippen LogP contribution in [-0.2, 0) is 4.79 Å². The third-order valence-corrected chi connectivity index (χ3v) is 2.29. The van der Waals surface area contributed by atoms with Gasteiger partial charge in [0.2, 0.25) is 0 Å². The van der Waals surface area contributed by atoms with Crippen molar-refractivity contribution in [3.05, 3.63) is 46.5 Å². The number of aldehydes is 2. The van der Waals surface area contributed by atoms with Crippen LogP contribution in [0.15, 0.2) is 35.4 Å². The number of hydrogen-bond donors (Lipinski definition) is 0. The molecule has 0 saturated carbocycles. The normalized spacial score (nSPS) is 11.5. The third kappa shape index (κ3) is 3.89. The predicted octanol–water partition coefficient (Wildman–Crippen LogP) is 2.84. The molecule has 0 saturated heterocycles.